The third kappa shape index (κ3) is 2.00. The summed E-state index contributed by atoms with van der Waals surface area (Å²) < 4.78 is 1.98. The molecule has 0 aliphatic heterocycles. The van der Waals surface area contributed by atoms with Gasteiger partial charge >= 0.3 is 0 Å². The standard InChI is InChI=1S/C15H12N2S/c18-15(16-13-7-2-1-3-8-13)17-11-10-12-6-4-5-9-14(12)17/h1-11H,(H,16,18). The van der Waals surface area contributed by atoms with Crippen molar-refractivity contribution < 1.29 is 0 Å². The Morgan fingerprint density at radius 3 is 2.44 bits per heavy atom. The van der Waals surface area contributed by atoms with Gasteiger partial charge in [0.05, 0.1) is 5.52 Å². The average Bonchev–Trinajstić information content (AvgIpc) is 2.84. The molecule has 18 heavy (non-hydrogen) atoms. The van der Waals surface area contributed by atoms with Crippen LogP contribution in [0, 0.1) is 0 Å². The Hall–Kier alpha value is -2.13. The van der Waals surface area contributed by atoms with Crippen molar-refractivity contribution in [2.24, 2.45) is 0 Å². The van der Waals surface area contributed by atoms with Crippen molar-refractivity contribution in [2.75, 3.05) is 5.32 Å². The van der Waals surface area contributed by atoms with E-state index in [1.165, 1.54) is 5.39 Å². The van der Waals surface area contributed by atoms with Gasteiger partial charge in [-0.2, -0.15) is 0 Å². The maximum Gasteiger partial charge on any atom is 0.182 e. The highest BCUT2D eigenvalue weighted by Crippen LogP contribution is 2.16. The zero-order valence-electron chi connectivity index (χ0n) is 9.71. The minimum Gasteiger partial charge on any atom is -0.332 e. The molecule has 0 atom stereocenters. The van der Waals surface area contributed by atoms with Crippen LogP contribution < -0.4 is 5.32 Å². The topological polar surface area (TPSA) is 17.0 Å². The molecule has 1 heterocycles. The molecule has 0 fully saturated rings. The van der Waals surface area contributed by atoms with Crippen molar-refractivity contribution in [3.05, 3.63) is 66.9 Å². The number of nitrogens with one attached hydrogen (secondary N) is 1. The van der Waals surface area contributed by atoms with Crippen molar-refractivity contribution in [2.45, 2.75) is 0 Å². The molecule has 0 saturated carbocycles. The molecule has 0 unspecified atom stereocenters. The summed E-state index contributed by atoms with van der Waals surface area (Å²) in [6.07, 6.45) is 1.99. The van der Waals surface area contributed by atoms with E-state index < -0.39 is 0 Å². The van der Waals surface area contributed by atoms with Crippen LogP contribution in [0.15, 0.2) is 66.9 Å². The summed E-state index contributed by atoms with van der Waals surface area (Å²) in [7, 11) is 0. The molecule has 0 aliphatic carbocycles. The predicted octanol–water partition coefficient (Wildman–Crippen LogP) is 3.89. The fourth-order valence-corrected chi connectivity index (χ4v) is 2.24. The first-order chi connectivity index (χ1) is 8.84. The summed E-state index contributed by atoms with van der Waals surface area (Å²) in [5.41, 5.74) is 2.12. The lowest BCUT2D eigenvalue weighted by Gasteiger charge is -2.09. The zero-order valence-corrected chi connectivity index (χ0v) is 10.5. The smallest absolute Gasteiger partial charge is 0.182 e. The number of rotatable bonds is 1. The fraction of sp³-hybridized carbons (Fsp3) is 0. The third-order valence-corrected chi connectivity index (χ3v) is 3.14. The minimum absolute atomic E-state index is 0.683. The Labute approximate surface area is 111 Å². The monoisotopic (exact) mass is 252 g/mol. The molecule has 0 amide bonds. The van der Waals surface area contributed by atoms with E-state index >= 15 is 0 Å². The quantitative estimate of drug-likeness (QED) is 0.662. The predicted molar refractivity (Wildman–Crippen MR) is 80.0 cm³/mol. The molecule has 3 rings (SSSR count). The number of aromatic nitrogens is 1. The third-order valence-electron chi connectivity index (χ3n) is 2.84. The number of benzene rings is 2. The average molecular weight is 252 g/mol. The van der Waals surface area contributed by atoms with Gasteiger partial charge in [0.2, 0.25) is 0 Å². The second kappa shape index (κ2) is 4.63. The fourth-order valence-electron chi connectivity index (χ4n) is 1.97. The van der Waals surface area contributed by atoms with Crippen LogP contribution in [-0.4, -0.2) is 9.68 Å². The van der Waals surface area contributed by atoms with Crippen LogP contribution in [0.1, 0.15) is 0 Å². The number of thiocarbonyl (C=S) groups is 1. The van der Waals surface area contributed by atoms with Gasteiger partial charge in [-0.1, -0.05) is 36.4 Å². The highest BCUT2D eigenvalue weighted by Gasteiger charge is 2.04. The van der Waals surface area contributed by atoms with Gasteiger partial charge in [0.1, 0.15) is 0 Å². The molecule has 0 bridgehead atoms. The highest BCUT2D eigenvalue weighted by atomic mass is 32.1. The van der Waals surface area contributed by atoms with Crippen LogP contribution in [0.3, 0.4) is 0 Å². The van der Waals surface area contributed by atoms with E-state index in [9.17, 15) is 0 Å². The molecule has 2 aromatic carbocycles. The van der Waals surface area contributed by atoms with E-state index in [0.29, 0.717) is 5.11 Å². The molecule has 0 saturated heterocycles. The van der Waals surface area contributed by atoms with Gasteiger partial charge in [0.15, 0.2) is 5.11 Å². The molecular weight excluding hydrogens is 240 g/mol. The van der Waals surface area contributed by atoms with E-state index in [1.54, 1.807) is 0 Å². The normalized spacial score (nSPS) is 10.4. The van der Waals surface area contributed by atoms with Gasteiger partial charge in [-0.3, -0.25) is 4.57 Å². The van der Waals surface area contributed by atoms with Crippen LogP contribution in [0.2, 0.25) is 0 Å². The Balaban J connectivity index is 1.93. The van der Waals surface area contributed by atoms with E-state index in [-0.39, 0.29) is 0 Å². The molecule has 1 N–H and O–H groups in total. The summed E-state index contributed by atoms with van der Waals surface area (Å²) in [4.78, 5) is 0. The first-order valence-corrected chi connectivity index (χ1v) is 6.18. The van der Waals surface area contributed by atoms with E-state index in [4.69, 9.17) is 12.2 Å². The Morgan fingerprint density at radius 2 is 1.61 bits per heavy atom. The molecule has 3 heteroatoms. The Kier molecular flexibility index (Phi) is 2.82. The van der Waals surface area contributed by atoms with Crippen molar-refractivity contribution in [1.29, 1.82) is 0 Å². The summed E-state index contributed by atoms with van der Waals surface area (Å²) in [6.45, 7) is 0. The second-order valence-corrected chi connectivity index (χ2v) is 4.43. The number of hydrogen-bond donors (Lipinski definition) is 1. The number of hydrogen-bond acceptors (Lipinski definition) is 1. The van der Waals surface area contributed by atoms with Gasteiger partial charge in [-0.15, -0.1) is 0 Å². The number of para-hydroxylation sites is 2. The van der Waals surface area contributed by atoms with Crippen LogP contribution in [-0.2, 0) is 0 Å². The lowest BCUT2D eigenvalue weighted by molar-refractivity contribution is 1.24. The molecule has 1 aromatic heterocycles. The Bertz CT molecular complexity index is 686. The second-order valence-electron chi connectivity index (χ2n) is 4.04. The van der Waals surface area contributed by atoms with Crippen LogP contribution in [0.4, 0.5) is 5.69 Å². The van der Waals surface area contributed by atoms with Gasteiger partial charge in [0, 0.05) is 17.3 Å². The van der Waals surface area contributed by atoms with Crippen LogP contribution in [0.25, 0.3) is 10.9 Å². The zero-order chi connectivity index (χ0) is 12.4. The molecule has 88 valence electrons. The van der Waals surface area contributed by atoms with Gasteiger partial charge in [-0.25, -0.2) is 0 Å². The van der Waals surface area contributed by atoms with E-state index in [1.807, 2.05) is 53.2 Å². The maximum atomic E-state index is 5.44. The first-order valence-electron chi connectivity index (χ1n) is 5.77. The molecule has 0 aliphatic rings. The van der Waals surface area contributed by atoms with Gasteiger partial charge < -0.3 is 5.32 Å². The molecule has 3 aromatic rings. The summed E-state index contributed by atoms with van der Waals surface area (Å²) >= 11 is 5.44. The molecule has 0 radical (unpaired) electrons. The molecule has 0 spiro atoms. The summed E-state index contributed by atoms with van der Waals surface area (Å²) in [6, 6.07) is 20.2. The highest BCUT2D eigenvalue weighted by molar-refractivity contribution is 7.80. The Morgan fingerprint density at radius 1 is 0.889 bits per heavy atom. The van der Waals surface area contributed by atoms with Crippen molar-refractivity contribution >= 4 is 33.9 Å². The van der Waals surface area contributed by atoms with Crippen molar-refractivity contribution in [3.63, 3.8) is 0 Å². The number of nitrogens with zero attached hydrogens (tertiary/aromatic N) is 1. The van der Waals surface area contributed by atoms with E-state index in [0.717, 1.165) is 11.2 Å². The van der Waals surface area contributed by atoms with Crippen LogP contribution in [0.5, 0.6) is 0 Å². The van der Waals surface area contributed by atoms with Gasteiger partial charge in [-0.05, 0) is 36.5 Å². The largest absolute Gasteiger partial charge is 0.332 e. The van der Waals surface area contributed by atoms with Crippen molar-refractivity contribution in [3.8, 4) is 0 Å². The first kappa shape index (κ1) is 11.0. The van der Waals surface area contributed by atoms with Crippen molar-refractivity contribution in [1.82, 2.24) is 4.57 Å². The maximum absolute atomic E-state index is 5.44. The minimum atomic E-state index is 0.683. The lowest BCUT2D eigenvalue weighted by atomic mass is 10.2. The van der Waals surface area contributed by atoms with Gasteiger partial charge in [0.25, 0.3) is 0 Å². The van der Waals surface area contributed by atoms with Crippen LogP contribution >= 0.6 is 12.2 Å². The SMILES string of the molecule is S=C(Nc1ccccc1)n1ccc2ccccc21. The van der Waals surface area contributed by atoms with E-state index in [2.05, 4.69) is 23.5 Å². The number of fused-ring (bicyclic) bond motifs is 1. The lowest BCUT2D eigenvalue weighted by Crippen LogP contribution is -2.17. The summed E-state index contributed by atoms with van der Waals surface area (Å²) in [5.74, 6) is 0. The molecule has 2 nitrogen and oxygen atoms in total. The summed E-state index contributed by atoms with van der Waals surface area (Å²) in [5, 5.41) is 5.10. The number of anilines is 1. The molecular formula is C15H12N2S.